The van der Waals surface area contributed by atoms with Crippen LogP contribution in [-0.2, 0) is 18.4 Å². The van der Waals surface area contributed by atoms with Gasteiger partial charge in [0.05, 0.1) is 14.2 Å². The standard InChI is InChI=1S/C29H36FNO3/c1-28(2,3)21-8-6-18(7-9-21)17-31-22-10-11-26(31)29(30,16-22)15-20-12-19-13-24(33-4)25(34-5)14-23(19)27(20)32/h6-9,13-14,20,22,26H,10-12,15-17H2,1-5H3/t20?,22?,26-,29?/m1/s1. The zero-order valence-corrected chi connectivity index (χ0v) is 21.0. The van der Waals surface area contributed by atoms with Gasteiger partial charge in [-0.05, 0) is 66.3 Å². The number of fused-ring (bicyclic) bond motifs is 3. The number of alkyl halides is 1. The van der Waals surface area contributed by atoms with Crippen molar-refractivity contribution in [3.05, 3.63) is 58.7 Å². The van der Waals surface area contributed by atoms with Crippen LogP contribution in [-0.4, -0.2) is 42.7 Å². The third-order valence-electron chi connectivity index (χ3n) is 8.30. The van der Waals surface area contributed by atoms with Crippen LogP contribution in [0.2, 0.25) is 0 Å². The molecule has 2 aliphatic heterocycles. The van der Waals surface area contributed by atoms with Crippen LogP contribution in [0, 0.1) is 5.92 Å². The fourth-order valence-electron chi connectivity index (χ4n) is 6.49. The highest BCUT2D eigenvalue weighted by Gasteiger charge is 2.57. The number of Topliss-reactive ketones (excluding diaryl/α,β-unsaturated/α-hetero) is 1. The second-order valence-corrected chi connectivity index (χ2v) is 11.4. The first-order chi connectivity index (χ1) is 16.1. The number of carbonyl (C=O) groups excluding carboxylic acids is 1. The van der Waals surface area contributed by atoms with Crippen molar-refractivity contribution >= 4 is 5.78 Å². The van der Waals surface area contributed by atoms with Crippen LogP contribution in [0.25, 0.3) is 0 Å². The quantitative estimate of drug-likeness (QED) is 0.533. The van der Waals surface area contributed by atoms with Gasteiger partial charge in [0, 0.05) is 30.1 Å². The first-order valence-electron chi connectivity index (χ1n) is 12.5. The Morgan fingerprint density at radius 3 is 2.38 bits per heavy atom. The minimum atomic E-state index is -1.31. The van der Waals surface area contributed by atoms with Crippen LogP contribution in [0.15, 0.2) is 36.4 Å². The summed E-state index contributed by atoms with van der Waals surface area (Å²) in [5, 5.41) is 0. The average molecular weight is 466 g/mol. The fourth-order valence-corrected chi connectivity index (χ4v) is 6.49. The summed E-state index contributed by atoms with van der Waals surface area (Å²) in [6, 6.07) is 12.6. The largest absolute Gasteiger partial charge is 0.493 e. The summed E-state index contributed by atoms with van der Waals surface area (Å²) in [7, 11) is 3.16. The summed E-state index contributed by atoms with van der Waals surface area (Å²) in [6.07, 6.45) is 3.32. The number of halogens is 1. The lowest BCUT2D eigenvalue weighted by atomic mass is 9.79. The van der Waals surface area contributed by atoms with Gasteiger partial charge in [-0.3, -0.25) is 9.69 Å². The maximum absolute atomic E-state index is 16.5. The monoisotopic (exact) mass is 465 g/mol. The molecule has 4 atom stereocenters. The molecule has 5 rings (SSSR count). The first-order valence-corrected chi connectivity index (χ1v) is 12.5. The lowest BCUT2D eigenvalue weighted by Crippen LogP contribution is -2.41. The number of nitrogens with zero attached hydrogens (tertiary/aromatic N) is 1. The van der Waals surface area contributed by atoms with E-state index in [9.17, 15) is 4.79 Å². The Labute approximate surface area is 202 Å². The van der Waals surface area contributed by atoms with Gasteiger partial charge in [-0.2, -0.15) is 0 Å². The van der Waals surface area contributed by atoms with E-state index in [4.69, 9.17) is 9.47 Å². The van der Waals surface area contributed by atoms with E-state index >= 15 is 4.39 Å². The van der Waals surface area contributed by atoms with Crippen molar-refractivity contribution in [3.63, 3.8) is 0 Å². The Hall–Kier alpha value is -2.40. The molecule has 2 fully saturated rings. The Kier molecular flexibility index (Phi) is 5.75. The van der Waals surface area contributed by atoms with Crippen molar-refractivity contribution in [1.29, 1.82) is 0 Å². The first kappa shape index (κ1) is 23.3. The Morgan fingerprint density at radius 2 is 1.74 bits per heavy atom. The van der Waals surface area contributed by atoms with Crippen molar-refractivity contribution in [2.24, 2.45) is 5.92 Å². The number of ether oxygens (including phenoxy) is 2. The molecule has 0 radical (unpaired) electrons. The molecule has 2 aromatic carbocycles. The molecular formula is C29H36FNO3. The number of hydrogen-bond acceptors (Lipinski definition) is 4. The van der Waals surface area contributed by atoms with Gasteiger partial charge in [-0.15, -0.1) is 0 Å². The number of ketones is 1. The van der Waals surface area contributed by atoms with E-state index in [1.165, 1.54) is 11.1 Å². The van der Waals surface area contributed by atoms with Crippen LogP contribution in [0.1, 0.15) is 73.5 Å². The molecule has 0 N–H and O–H groups in total. The third kappa shape index (κ3) is 3.92. The number of carbonyl (C=O) groups is 1. The summed E-state index contributed by atoms with van der Waals surface area (Å²) >= 11 is 0. The van der Waals surface area contributed by atoms with E-state index < -0.39 is 5.67 Å². The van der Waals surface area contributed by atoms with Gasteiger partial charge in [0.1, 0.15) is 5.67 Å². The number of rotatable bonds is 6. The molecule has 34 heavy (non-hydrogen) atoms. The SMILES string of the molecule is COc1cc2c(cc1OC)C(=O)C(CC1(F)CC3CC[C@H]1N3Cc1ccc(C(C)(C)C)cc1)C2. The Balaban J connectivity index is 1.30. The molecule has 0 saturated carbocycles. The zero-order valence-electron chi connectivity index (χ0n) is 21.0. The van der Waals surface area contributed by atoms with Crippen LogP contribution < -0.4 is 9.47 Å². The van der Waals surface area contributed by atoms with E-state index in [2.05, 4.69) is 49.9 Å². The number of hydrogen-bond donors (Lipinski definition) is 0. The van der Waals surface area contributed by atoms with E-state index in [1.807, 2.05) is 6.07 Å². The van der Waals surface area contributed by atoms with Gasteiger partial charge in [0.2, 0.25) is 0 Å². The highest BCUT2D eigenvalue weighted by atomic mass is 19.1. The minimum Gasteiger partial charge on any atom is -0.493 e. The third-order valence-corrected chi connectivity index (χ3v) is 8.30. The average Bonchev–Trinajstić information content (AvgIpc) is 3.41. The lowest BCUT2D eigenvalue weighted by Gasteiger charge is -2.32. The Morgan fingerprint density at radius 1 is 1.06 bits per heavy atom. The topological polar surface area (TPSA) is 38.8 Å². The van der Waals surface area contributed by atoms with Crippen molar-refractivity contribution in [2.45, 2.75) is 82.6 Å². The summed E-state index contributed by atoms with van der Waals surface area (Å²) in [4.78, 5) is 15.6. The number of methoxy groups -OCH3 is 2. The molecule has 3 unspecified atom stereocenters. The summed E-state index contributed by atoms with van der Waals surface area (Å²) < 4.78 is 27.3. The molecule has 0 amide bonds. The molecule has 2 bridgehead atoms. The molecule has 1 aliphatic carbocycles. The lowest BCUT2D eigenvalue weighted by molar-refractivity contribution is 0.0604. The minimum absolute atomic E-state index is 0.0417. The highest BCUT2D eigenvalue weighted by Crippen LogP contribution is 2.51. The van der Waals surface area contributed by atoms with Gasteiger partial charge in [-0.1, -0.05) is 45.0 Å². The van der Waals surface area contributed by atoms with Crippen molar-refractivity contribution in [1.82, 2.24) is 4.90 Å². The van der Waals surface area contributed by atoms with Gasteiger partial charge in [-0.25, -0.2) is 4.39 Å². The van der Waals surface area contributed by atoms with E-state index in [0.717, 1.165) is 24.9 Å². The fraction of sp³-hybridized carbons (Fsp3) is 0.552. The maximum atomic E-state index is 16.5. The van der Waals surface area contributed by atoms with Crippen LogP contribution in [0.4, 0.5) is 4.39 Å². The molecule has 0 aromatic heterocycles. The molecule has 2 heterocycles. The molecule has 5 heteroatoms. The second kappa shape index (κ2) is 8.37. The molecule has 0 spiro atoms. The van der Waals surface area contributed by atoms with Crippen LogP contribution >= 0.6 is 0 Å². The van der Waals surface area contributed by atoms with E-state index in [-0.39, 0.29) is 29.2 Å². The van der Waals surface area contributed by atoms with E-state index in [1.54, 1.807) is 20.3 Å². The smallest absolute Gasteiger partial charge is 0.166 e. The molecule has 2 saturated heterocycles. The normalized spacial score (nSPS) is 28.4. The summed E-state index contributed by atoms with van der Waals surface area (Å²) in [5.74, 6) is 0.895. The summed E-state index contributed by atoms with van der Waals surface area (Å²) in [6.45, 7) is 7.43. The van der Waals surface area contributed by atoms with Gasteiger partial charge in [0.25, 0.3) is 0 Å². The molecular weight excluding hydrogens is 429 g/mol. The van der Waals surface area contributed by atoms with Crippen molar-refractivity contribution in [3.8, 4) is 11.5 Å². The van der Waals surface area contributed by atoms with Crippen molar-refractivity contribution < 1.29 is 18.7 Å². The predicted molar refractivity (Wildman–Crippen MR) is 132 cm³/mol. The maximum Gasteiger partial charge on any atom is 0.166 e. The van der Waals surface area contributed by atoms with Gasteiger partial charge >= 0.3 is 0 Å². The Bertz CT molecular complexity index is 1090. The van der Waals surface area contributed by atoms with Crippen molar-refractivity contribution in [2.75, 3.05) is 14.2 Å². The zero-order chi connectivity index (χ0) is 24.3. The van der Waals surface area contributed by atoms with E-state index in [0.29, 0.717) is 36.3 Å². The van der Waals surface area contributed by atoms with Gasteiger partial charge in [0.15, 0.2) is 17.3 Å². The molecule has 2 aromatic rings. The van der Waals surface area contributed by atoms with Crippen LogP contribution in [0.3, 0.4) is 0 Å². The summed E-state index contributed by atoms with van der Waals surface area (Å²) in [5.41, 5.74) is 2.95. The highest BCUT2D eigenvalue weighted by molar-refractivity contribution is 6.03. The van der Waals surface area contributed by atoms with Crippen LogP contribution in [0.5, 0.6) is 11.5 Å². The number of benzene rings is 2. The second-order valence-electron chi connectivity index (χ2n) is 11.4. The molecule has 4 nitrogen and oxygen atoms in total. The molecule has 3 aliphatic rings. The molecule has 182 valence electrons. The predicted octanol–water partition coefficient (Wildman–Crippen LogP) is 5.89. The van der Waals surface area contributed by atoms with Gasteiger partial charge < -0.3 is 9.47 Å².